The number of benzene rings is 4. The molecule has 0 amide bonds. The van der Waals surface area contributed by atoms with Gasteiger partial charge in [-0.25, -0.2) is 0 Å². The van der Waals surface area contributed by atoms with E-state index in [1.165, 1.54) is 26.3 Å². The van der Waals surface area contributed by atoms with Crippen LogP contribution in [0.2, 0.25) is 10.1 Å². The number of rotatable bonds is 11. The van der Waals surface area contributed by atoms with Crippen LogP contribution in [0.25, 0.3) is 0 Å². The minimum atomic E-state index is -2.98. The van der Waals surface area contributed by atoms with Crippen LogP contribution in [0.3, 0.4) is 0 Å². The van der Waals surface area contributed by atoms with Crippen LogP contribution in [-0.2, 0) is 23.1 Å². The predicted octanol–water partition coefficient (Wildman–Crippen LogP) is 8.79. The number of aliphatic hydroxyl groups is 1. The molecule has 62 heavy (non-hydrogen) atoms. The summed E-state index contributed by atoms with van der Waals surface area (Å²) in [4.78, 5) is 0. The van der Waals surface area contributed by atoms with Crippen molar-refractivity contribution in [1.82, 2.24) is 0 Å². The fourth-order valence-corrected chi connectivity index (χ4v) is 23.0. The standard InChI is InChI=1S/C54H70O6Si2/c1-40-45-29-31-52-38-58-53(48(55)37-47(52)51(45,8)32-33-54(40)56-35-36-57-54,39-60-62(50(5,6)7,43-25-17-11-18-26-43)44-27-19-12-20-28-44)46(52)30-34-59-61(49(2,3)4,41-21-13-9-14-22-41)42-23-15-10-16-24-42/h9-29,40,46-48,55H,30-39H2,1-8H3/t40-,46+,47+,48-,51-,52+,53-/m0/s1. The first kappa shape index (κ1) is 44.0. The Morgan fingerprint density at radius 2 is 1.13 bits per heavy atom. The van der Waals surface area contributed by atoms with Crippen molar-refractivity contribution in [3.8, 4) is 0 Å². The van der Waals surface area contributed by atoms with Gasteiger partial charge in [0.2, 0.25) is 0 Å². The summed E-state index contributed by atoms with van der Waals surface area (Å²) in [6.07, 6.45) is 5.97. The van der Waals surface area contributed by atoms with Crippen molar-refractivity contribution in [1.29, 1.82) is 0 Å². The molecule has 6 nitrogen and oxygen atoms in total. The third kappa shape index (κ3) is 6.60. The van der Waals surface area contributed by atoms with Gasteiger partial charge in [-0.15, -0.1) is 0 Å². The summed E-state index contributed by atoms with van der Waals surface area (Å²) in [6.45, 7) is 21.6. The minimum Gasteiger partial charge on any atom is -0.407 e. The zero-order valence-corrected chi connectivity index (χ0v) is 40.5. The third-order valence-electron chi connectivity index (χ3n) is 16.7. The van der Waals surface area contributed by atoms with Gasteiger partial charge in [0.05, 0.1) is 32.5 Å². The second-order valence-corrected chi connectivity index (χ2v) is 30.2. The highest BCUT2D eigenvalue weighted by atomic mass is 28.4. The van der Waals surface area contributed by atoms with Crippen molar-refractivity contribution in [3.63, 3.8) is 0 Å². The van der Waals surface area contributed by atoms with Crippen LogP contribution < -0.4 is 20.7 Å². The van der Waals surface area contributed by atoms with Gasteiger partial charge in [0, 0.05) is 30.3 Å². The van der Waals surface area contributed by atoms with Crippen molar-refractivity contribution < 1.29 is 28.2 Å². The Labute approximate surface area is 373 Å². The Morgan fingerprint density at radius 1 is 0.661 bits per heavy atom. The number of allylic oxidation sites excluding steroid dienone is 1. The topological polar surface area (TPSA) is 66.4 Å². The molecule has 0 unspecified atom stereocenters. The molecule has 2 spiro atoms. The molecule has 2 bridgehead atoms. The fourth-order valence-electron chi connectivity index (χ4n) is 13.8. The minimum absolute atomic E-state index is 0.0139. The van der Waals surface area contributed by atoms with E-state index in [1.54, 1.807) is 0 Å². The molecular formula is C54H70O6Si2. The van der Waals surface area contributed by atoms with E-state index in [9.17, 15) is 5.11 Å². The van der Waals surface area contributed by atoms with Crippen LogP contribution in [0, 0.1) is 28.6 Å². The van der Waals surface area contributed by atoms with Crippen LogP contribution in [-0.4, -0.2) is 72.3 Å². The van der Waals surface area contributed by atoms with Gasteiger partial charge in [-0.1, -0.05) is 188 Å². The second kappa shape index (κ2) is 16.1. The number of ether oxygens (including phenoxy) is 3. The number of hydrogen-bond acceptors (Lipinski definition) is 6. The molecule has 1 N–H and O–H groups in total. The highest BCUT2D eigenvalue weighted by Crippen LogP contribution is 2.71. The van der Waals surface area contributed by atoms with E-state index in [0.29, 0.717) is 39.5 Å². The van der Waals surface area contributed by atoms with Crippen LogP contribution in [0.1, 0.15) is 87.5 Å². The molecule has 2 aliphatic heterocycles. The lowest BCUT2D eigenvalue weighted by Crippen LogP contribution is -2.70. The van der Waals surface area contributed by atoms with E-state index in [-0.39, 0.29) is 38.7 Å². The van der Waals surface area contributed by atoms with Gasteiger partial charge in [0.1, 0.15) is 5.60 Å². The zero-order valence-electron chi connectivity index (χ0n) is 38.5. The first-order valence-corrected chi connectivity index (χ1v) is 27.2. The second-order valence-electron chi connectivity index (χ2n) is 21.6. The van der Waals surface area contributed by atoms with Gasteiger partial charge in [-0.05, 0) is 67.8 Å². The lowest BCUT2D eigenvalue weighted by molar-refractivity contribution is -0.220. The van der Waals surface area contributed by atoms with E-state index >= 15 is 0 Å². The molecule has 4 aromatic carbocycles. The lowest BCUT2D eigenvalue weighted by Gasteiger charge is -2.63. The van der Waals surface area contributed by atoms with Crippen LogP contribution in [0.5, 0.6) is 0 Å². The number of hydrogen-bond donors (Lipinski definition) is 1. The predicted molar refractivity (Wildman–Crippen MR) is 254 cm³/mol. The Bertz CT molecular complexity index is 2120. The molecule has 0 radical (unpaired) electrons. The Balaban J connectivity index is 1.15. The largest absolute Gasteiger partial charge is 0.407 e. The Morgan fingerprint density at radius 3 is 1.60 bits per heavy atom. The molecule has 2 saturated heterocycles. The molecule has 7 atom stereocenters. The maximum atomic E-state index is 13.1. The Kier molecular flexibility index (Phi) is 11.4. The monoisotopic (exact) mass is 870 g/mol. The van der Waals surface area contributed by atoms with E-state index < -0.39 is 34.1 Å². The van der Waals surface area contributed by atoms with Crippen molar-refractivity contribution in [2.24, 2.45) is 28.6 Å². The van der Waals surface area contributed by atoms with E-state index in [1.807, 2.05) is 0 Å². The maximum absolute atomic E-state index is 13.1. The summed E-state index contributed by atoms with van der Waals surface area (Å²) in [5.74, 6) is -0.207. The van der Waals surface area contributed by atoms with Crippen molar-refractivity contribution in [3.05, 3.63) is 133 Å². The quantitative estimate of drug-likeness (QED) is 0.120. The first-order valence-electron chi connectivity index (χ1n) is 23.4. The highest BCUT2D eigenvalue weighted by molar-refractivity contribution is 7.00. The third-order valence-corrected chi connectivity index (χ3v) is 26.7. The molecule has 3 aliphatic carbocycles. The molecule has 2 saturated carbocycles. The van der Waals surface area contributed by atoms with Crippen molar-refractivity contribution in [2.75, 3.05) is 33.0 Å². The van der Waals surface area contributed by atoms with Crippen LogP contribution in [0.15, 0.2) is 133 Å². The fraction of sp³-hybridized carbons (Fsp3) is 0.519. The molecule has 4 fully saturated rings. The smallest absolute Gasteiger partial charge is 0.261 e. The zero-order chi connectivity index (χ0) is 43.7. The van der Waals surface area contributed by atoms with E-state index in [2.05, 4.69) is 183 Å². The maximum Gasteiger partial charge on any atom is 0.261 e. The summed E-state index contributed by atoms with van der Waals surface area (Å²) in [5.41, 5.74) is 0.190. The molecule has 0 aromatic heterocycles. The molecule has 5 aliphatic rings. The summed E-state index contributed by atoms with van der Waals surface area (Å²) in [5, 5.41) is 17.8. The van der Waals surface area contributed by atoms with E-state index in [0.717, 1.165) is 25.7 Å². The van der Waals surface area contributed by atoms with Crippen LogP contribution >= 0.6 is 0 Å². The molecule has 2 heterocycles. The van der Waals surface area contributed by atoms with Gasteiger partial charge in [-0.3, -0.25) is 0 Å². The van der Waals surface area contributed by atoms with Crippen molar-refractivity contribution >= 4 is 37.4 Å². The van der Waals surface area contributed by atoms with E-state index in [4.69, 9.17) is 23.1 Å². The molecule has 8 heteroatoms. The summed E-state index contributed by atoms with van der Waals surface area (Å²) < 4.78 is 35.8. The summed E-state index contributed by atoms with van der Waals surface area (Å²) >= 11 is 0. The van der Waals surface area contributed by atoms with Crippen LogP contribution in [0.4, 0.5) is 0 Å². The molecule has 4 aromatic rings. The van der Waals surface area contributed by atoms with Gasteiger partial charge in [0.15, 0.2) is 5.79 Å². The SMILES string of the molecule is C[C@H]1C2=CC[C@@]34CO[C@@](CO[Si](c5ccccc5)(c5ccccc5)C(C)(C)C)([C@@H]3CCO[Si](c3ccccc3)(c3ccccc3)C(C)(C)C)[C@@H](O)C[C@@H]4[C@@]2(C)CCC12OCCO2. The number of aliphatic hydroxyl groups excluding tert-OH is 1. The average Bonchev–Trinajstić information content (AvgIpc) is 3.84. The Hall–Kier alpha value is -3.19. The lowest BCUT2D eigenvalue weighted by atomic mass is 9.42. The number of fused-ring (bicyclic) bond motifs is 3. The van der Waals surface area contributed by atoms with Gasteiger partial charge < -0.3 is 28.2 Å². The summed E-state index contributed by atoms with van der Waals surface area (Å²) in [7, 11) is -5.83. The van der Waals surface area contributed by atoms with Crippen molar-refractivity contribution in [2.45, 2.75) is 115 Å². The van der Waals surface area contributed by atoms with Gasteiger partial charge >= 0.3 is 0 Å². The normalized spacial score (nSPS) is 30.8. The molecular weight excluding hydrogens is 801 g/mol. The average molecular weight is 871 g/mol. The summed E-state index contributed by atoms with van der Waals surface area (Å²) in [6, 6.07) is 43.7. The molecule has 330 valence electrons. The first-order chi connectivity index (χ1) is 29.6. The van der Waals surface area contributed by atoms with Gasteiger partial charge in [0.25, 0.3) is 16.6 Å². The molecule has 9 rings (SSSR count). The highest BCUT2D eigenvalue weighted by Gasteiger charge is 2.73. The van der Waals surface area contributed by atoms with Gasteiger partial charge in [-0.2, -0.15) is 0 Å².